The summed E-state index contributed by atoms with van der Waals surface area (Å²) in [5.41, 5.74) is 2.28. The fourth-order valence-corrected chi connectivity index (χ4v) is 2.57. The summed E-state index contributed by atoms with van der Waals surface area (Å²) in [6, 6.07) is 25.0. The lowest BCUT2D eigenvalue weighted by Crippen LogP contribution is -2.35. The highest BCUT2D eigenvalue weighted by Crippen LogP contribution is 2.17. The van der Waals surface area contributed by atoms with E-state index in [0.29, 0.717) is 18.7 Å². The molecule has 0 saturated carbocycles. The average molecular weight is 334 g/mol. The number of benzene rings is 3. The summed E-state index contributed by atoms with van der Waals surface area (Å²) >= 11 is 0. The van der Waals surface area contributed by atoms with Gasteiger partial charge in [-0.05, 0) is 48.5 Å². The zero-order valence-electron chi connectivity index (χ0n) is 13.7. The molecule has 0 radical (unpaired) electrons. The zero-order valence-corrected chi connectivity index (χ0v) is 13.7. The summed E-state index contributed by atoms with van der Waals surface area (Å²) in [6.45, 7) is 1.10. The van der Waals surface area contributed by atoms with Crippen LogP contribution >= 0.6 is 0 Å². The second-order valence-electron chi connectivity index (χ2n) is 5.59. The minimum absolute atomic E-state index is 0.152. The molecular formula is C21H19FN2O. The lowest BCUT2D eigenvalue weighted by Gasteiger charge is -2.23. The van der Waals surface area contributed by atoms with Crippen LogP contribution in [0.4, 0.5) is 15.8 Å². The Morgan fingerprint density at radius 2 is 1.44 bits per heavy atom. The zero-order chi connectivity index (χ0) is 17.5. The quantitative estimate of drug-likeness (QED) is 0.715. The highest BCUT2D eigenvalue weighted by molar-refractivity contribution is 6.06. The van der Waals surface area contributed by atoms with Crippen molar-refractivity contribution < 1.29 is 9.18 Å². The molecule has 0 fully saturated rings. The minimum atomic E-state index is -0.353. The Morgan fingerprint density at radius 1 is 0.840 bits per heavy atom. The fraction of sp³-hybridized carbons (Fsp3) is 0.0952. The SMILES string of the molecule is O=C(c1ccc(F)cc1)N(CCNc1ccccc1)c1ccccc1. The first-order valence-electron chi connectivity index (χ1n) is 8.15. The van der Waals surface area contributed by atoms with Gasteiger partial charge in [-0.3, -0.25) is 4.79 Å². The molecule has 0 heterocycles. The Balaban J connectivity index is 1.75. The molecule has 0 saturated heterocycles. The van der Waals surface area contributed by atoms with Crippen LogP contribution in [-0.4, -0.2) is 19.0 Å². The third-order valence-electron chi connectivity index (χ3n) is 3.84. The number of nitrogens with one attached hydrogen (secondary N) is 1. The lowest BCUT2D eigenvalue weighted by atomic mass is 10.1. The van der Waals surface area contributed by atoms with Crippen LogP contribution in [0.5, 0.6) is 0 Å². The van der Waals surface area contributed by atoms with Gasteiger partial charge in [-0.1, -0.05) is 36.4 Å². The summed E-state index contributed by atoms with van der Waals surface area (Å²) in [6.07, 6.45) is 0. The molecule has 0 atom stereocenters. The number of amides is 1. The second kappa shape index (κ2) is 8.11. The number of carbonyl (C=O) groups is 1. The molecule has 3 rings (SSSR count). The van der Waals surface area contributed by atoms with Gasteiger partial charge in [-0.2, -0.15) is 0 Å². The maximum absolute atomic E-state index is 13.1. The van der Waals surface area contributed by atoms with Gasteiger partial charge in [0.25, 0.3) is 5.91 Å². The first-order valence-corrected chi connectivity index (χ1v) is 8.15. The van der Waals surface area contributed by atoms with E-state index in [1.54, 1.807) is 4.90 Å². The van der Waals surface area contributed by atoms with E-state index in [-0.39, 0.29) is 11.7 Å². The van der Waals surface area contributed by atoms with Gasteiger partial charge in [-0.15, -0.1) is 0 Å². The topological polar surface area (TPSA) is 32.3 Å². The Labute approximate surface area is 146 Å². The highest BCUT2D eigenvalue weighted by atomic mass is 19.1. The van der Waals surface area contributed by atoms with Gasteiger partial charge < -0.3 is 10.2 Å². The van der Waals surface area contributed by atoms with Crippen molar-refractivity contribution in [3.8, 4) is 0 Å². The molecule has 1 N–H and O–H groups in total. The number of carbonyl (C=O) groups excluding carboxylic acids is 1. The Bertz CT molecular complexity index is 804. The fourth-order valence-electron chi connectivity index (χ4n) is 2.57. The standard InChI is InChI=1S/C21H19FN2O/c22-18-13-11-17(12-14-18)21(25)24(20-9-5-2-6-10-20)16-15-23-19-7-3-1-4-8-19/h1-14,23H,15-16H2. The molecular weight excluding hydrogens is 315 g/mol. The van der Waals surface area contributed by atoms with Crippen LogP contribution in [0.25, 0.3) is 0 Å². The van der Waals surface area contributed by atoms with Gasteiger partial charge in [0.1, 0.15) is 5.82 Å². The molecule has 4 heteroatoms. The average Bonchev–Trinajstić information content (AvgIpc) is 2.67. The molecule has 0 aromatic heterocycles. The van der Waals surface area contributed by atoms with Gasteiger partial charge >= 0.3 is 0 Å². The van der Waals surface area contributed by atoms with Crippen LogP contribution in [0.15, 0.2) is 84.9 Å². The number of nitrogens with zero attached hydrogens (tertiary/aromatic N) is 1. The van der Waals surface area contributed by atoms with Crippen molar-refractivity contribution in [2.75, 3.05) is 23.3 Å². The number of rotatable bonds is 6. The highest BCUT2D eigenvalue weighted by Gasteiger charge is 2.17. The van der Waals surface area contributed by atoms with E-state index in [2.05, 4.69) is 5.32 Å². The second-order valence-corrected chi connectivity index (χ2v) is 5.59. The summed E-state index contributed by atoms with van der Waals surface area (Å²) in [7, 11) is 0. The molecule has 0 aliphatic carbocycles. The number of halogens is 1. The van der Waals surface area contributed by atoms with E-state index in [0.717, 1.165) is 11.4 Å². The molecule has 1 amide bonds. The molecule has 126 valence electrons. The Morgan fingerprint density at radius 3 is 2.08 bits per heavy atom. The van der Waals surface area contributed by atoms with E-state index < -0.39 is 0 Å². The predicted octanol–water partition coefficient (Wildman–Crippen LogP) is 4.58. The lowest BCUT2D eigenvalue weighted by molar-refractivity contribution is 0.0988. The summed E-state index contributed by atoms with van der Waals surface area (Å²) in [5, 5.41) is 3.31. The maximum Gasteiger partial charge on any atom is 0.258 e. The maximum atomic E-state index is 13.1. The summed E-state index contributed by atoms with van der Waals surface area (Å²) < 4.78 is 13.1. The van der Waals surface area contributed by atoms with Gasteiger partial charge in [0, 0.05) is 30.0 Å². The van der Waals surface area contributed by atoms with Crippen LogP contribution in [0, 0.1) is 5.82 Å². The van der Waals surface area contributed by atoms with Crippen LogP contribution in [0.2, 0.25) is 0 Å². The number of hydrogen-bond acceptors (Lipinski definition) is 2. The van der Waals surface area contributed by atoms with E-state index in [4.69, 9.17) is 0 Å². The molecule has 25 heavy (non-hydrogen) atoms. The third-order valence-corrected chi connectivity index (χ3v) is 3.84. The van der Waals surface area contributed by atoms with Crippen molar-refractivity contribution >= 4 is 17.3 Å². The van der Waals surface area contributed by atoms with Crippen LogP contribution in [0.3, 0.4) is 0 Å². The van der Waals surface area contributed by atoms with E-state index in [1.165, 1.54) is 24.3 Å². The number of para-hydroxylation sites is 2. The summed E-state index contributed by atoms with van der Waals surface area (Å²) in [5.74, 6) is -0.505. The molecule has 3 nitrogen and oxygen atoms in total. The molecule has 0 spiro atoms. The number of anilines is 2. The van der Waals surface area contributed by atoms with Gasteiger partial charge in [0.15, 0.2) is 0 Å². The largest absolute Gasteiger partial charge is 0.383 e. The molecule has 0 aliphatic rings. The van der Waals surface area contributed by atoms with Gasteiger partial charge in [0.05, 0.1) is 0 Å². The molecule has 3 aromatic rings. The molecule has 0 bridgehead atoms. The Kier molecular flexibility index (Phi) is 5.42. The van der Waals surface area contributed by atoms with Crippen molar-refractivity contribution in [3.05, 3.63) is 96.3 Å². The van der Waals surface area contributed by atoms with E-state index in [9.17, 15) is 9.18 Å². The normalized spacial score (nSPS) is 10.3. The summed E-state index contributed by atoms with van der Waals surface area (Å²) in [4.78, 5) is 14.6. The smallest absolute Gasteiger partial charge is 0.258 e. The minimum Gasteiger partial charge on any atom is -0.383 e. The first-order chi connectivity index (χ1) is 12.2. The van der Waals surface area contributed by atoms with Crippen LogP contribution in [0.1, 0.15) is 10.4 Å². The third kappa shape index (κ3) is 4.44. The van der Waals surface area contributed by atoms with Gasteiger partial charge in [0.2, 0.25) is 0 Å². The van der Waals surface area contributed by atoms with Crippen molar-refractivity contribution in [2.24, 2.45) is 0 Å². The molecule has 0 aliphatic heterocycles. The Hall–Kier alpha value is -3.14. The molecule has 0 unspecified atom stereocenters. The monoisotopic (exact) mass is 334 g/mol. The van der Waals surface area contributed by atoms with E-state index >= 15 is 0 Å². The van der Waals surface area contributed by atoms with E-state index in [1.807, 2.05) is 60.7 Å². The van der Waals surface area contributed by atoms with Crippen LogP contribution < -0.4 is 10.2 Å². The number of hydrogen-bond donors (Lipinski definition) is 1. The first kappa shape index (κ1) is 16.7. The van der Waals surface area contributed by atoms with Crippen LogP contribution in [-0.2, 0) is 0 Å². The predicted molar refractivity (Wildman–Crippen MR) is 99.5 cm³/mol. The van der Waals surface area contributed by atoms with Crippen molar-refractivity contribution in [1.82, 2.24) is 0 Å². The van der Waals surface area contributed by atoms with Crippen molar-refractivity contribution in [1.29, 1.82) is 0 Å². The van der Waals surface area contributed by atoms with Crippen molar-refractivity contribution in [3.63, 3.8) is 0 Å². The van der Waals surface area contributed by atoms with Crippen molar-refractivity contribution in [2.45, 2.75) is 0 Å². The molecule has 3 aromatic carbocycles. The van der Waals surface area contributed by atoms with Gasteiger partial charge in [-0.25, -0.2) is 4.39 Å².